The van der Waals surface area contributed by atoms with E-state index in [4.69, 9.17) is 14.5 Å². The molecule has 0 unspecified atom stereocenters. The number of piperidine rings is 1. The van der Waals surface area contributed by atoms with Gasteiger partial charge in [-0.05, 0) is 82.5 Å². The zero-order valence-electron chi connectivity index (χ0n) is 22.3. The number of nitriles is 1. The van der Waals surface area contributed by atoms with Crippen LogP contribution in [0.5, 0.6) is 5.75 Å². The van der Waals surface area contributed by atoms with E-state index >= 15 is 0 Å². The molecule has 2 aromatic carbocycles. The maximum absolute atomic E-state index is 8.96. The number of nitrogens with zero attached hydrogens (tertiary/aromatic N) is 5. The molecule has 0 amide bonds. The highest BCUT2D eigenvalue weighted by molar-refractivity contribution is 5.84. The Morgan fingerprint density at radius 2 is 1.87 bits per heavy atom. The van der Waals surface area contributed by atoms with Crippen molar-refractivity contribution in [2.75, 3.05) is 27.2 Å². The number of hydrogen-bond donors (Lipinski definition) is 0. The second-order valence-electron chi connectivity index (χ2n) is 10.5. The first kappa shape index (κ1) is 25.9. The lowest BCUT2D eigenvalue weighted by Gasteiger charge is -2.31. The number of aromatic nitrogens is 2. The zero-order chi connectivity index (χ0) is 26.3. The number of likely N-dealkylation sites (tertiary alicyclic amines) is 1. The van der Waals surface area contributed by atoms with Gasteiger partial charge in [-0.25, -0.2) is 4.98 Å². The van der Waals surface area contributed by atoms with Gasteiger partial charge in [-0.3, -0.25) is 4.90 Å². The van der Waals surface area contributed by atoms with Crippen LogP contribution in [0.3, 0.4) is 0 Å². The predicted molar refractivity (Wildman–Crippen MR) is 147 cm³/mol. The summed E-state index contributed by atoms with van der Waals surface area (Å²) in [7, 11) is 4.07. The van der Waals surface area contributed by atoms with Gasteiger partial charge in [-0.15, -0.1) is 0 Å². The summed E-state index contributed by atoms with van der Waals surface area (Å²) >= 11 is 0. The van der Waals surface area contributed by atoms with Crippen molar-refractivity contribution in [2.45, 2.75) is 45.4 Å². The van der Waals surface area contributed by atoms with Gasteiger partial charge in [0.15, 0.2) is 5.58 Å². The molecule has 1 aliphatic rings. The van der Waals surface area contributed by atoms with E-state index < -0.39 is 0 Å². The minimum absolute atomic E-state index is 0.370. The molecule has 5 rings (SSSR count). The van der Waals surface area contributed by atoms with Crippen molar-refractivity contribution in [3.63, 3.8) is 0 Å². The molecule has 1 saturated heterocycles. The van der Waals surface area contributed by atoms with Crippen LogP contribution >= 0.6 is 0 Å². The molecule has 1 fully saturated rings. The van der Waals surface area contributed by atoms with Gasteiger partial charge in [0.25, 0.3) is 0 Å². The van der Waals surface area contributed by atoms with Crippen molar-refractivity contribution in [3.05, 3.63) is 88.9 Å². The van der Waals surface area contributed by atoms with E-state index in [9.17, 15) is 0 Å². The molecule has 4 aromatic rings. The average Bonchev–Trinajstić information content (AvgIpc) is 3.36. The van der Waals surface area contributed by atoms with Crippen molar-refractivity contribution in [3.8, 4) is 11.8 Å². The van der Waals surface area contributed by atoms with Gasteiger partial charge in [-0.2, -0.15) is 5.26 Å². The van der Waals surface area contributed by atoms with E-state index in [0.717, 1.165) is 71.9 Å². The normalized spacial score (nSPS) is 14.7. The third-order valence-corrected chi connectivity index (χ3v) is 7.33. The number of fused-ring (bicyclic) bond motifs is 1. The standard InChI is InChI=1S/C31H35N5O2/c1-35(2)21-28-30(37-22-25-8-10-26(18-32)33-19-25)13-11-27-29(34-38-31(27)28)12-9-23-14-16-36(17-15-23)20-24-6-4-3-5-7-24/h3-8,10-11,13,19,23H,9,12,14-17,20-22H2,1-2H3. The Hall–Kier alpha value is -3.73. The fraction of sp³-hybridized carbons (Fsp3) is 0.387. The highest BCUT2D eigenvalue weighted by atomic mass is 16.5. The fourth-order valence-corrected chi connectivity index (χ4v) is 5.23. The molecule has 7 heteroatoms. The number of ether oxygens (including phenoxy) is 1. The molecule has 0 atom stereocenters. The second-order valence-corrected chi connectivity index (χ2v) is 10.5. The van der Waals surface area contributed by atoms with E-state index in [-0.39, 0.29) is 0 Å². The molecular formula is C31H35N5O2. The van der Waals surface area contributed by atoms with Crippen LogP contribution < -0.4 is 4.74 Å². The zero-order valence-corrected chi connectivity index (χ0v) is 22.3. The van der Waals surface area contributed by atoms with E-state index in [1.807, 2.05) is 32.3 Å². The summed E-state index contributed by atoms with van der Waals surface area (Å²) in [5, 5.41) is 14.5. The first-order valence-corrected chi connectivity index (χ1v) is 13.4. The average molecular weight is 510 g/mol. The first-order chi connectivity index (χ1) is 18.6. The molecule has 3 heterocycles. The van der Waals surface area contributed by atoms with Gasteiger partial charge in [0.2, 0.25) is 0 Å². The van der Waals surface area contributed by atoms with Gasteiger partial charge < -0.3 is 14.2 Å². The summed E-state index contributed by atoms with van der Waals surface area (Å²) in [6, 6.07) is 20.5. The molecule has 0 radical (unpaired) electrons. The minimum atomic E-state index is 0.370. The molecule has 2 aromatic heterocycles. The largest absolute Gasteiger partial charge is 0.488 e. The number of pyridine rings is 1. The predicted octanol–water partition coefficient (Wildman–Crippen LogP) is 5.58. The molecular weight excluding hydrogens is 474 g/mol. The third kappa shape index (κ3) is 6.39. The van der Waals surface area contributed by atoms with Crippen LogP contribution in [0.15, 0.2) is 65.3 Å². The number of hydrogen-bond acceptors (Lipinski definition) is 7. The quantitative estimate of drug-likeness (QED) is 0.276. The van der Waals surface area contributed by atoms with Crippen molar-refractivity contribution >= 4 is 11.0 Å². The Morgan fingerprint density at radius 3 is 2.58 bits per heavy atom. The van der Waals surface area contributed by atoms with Crippen LogP contribution in [0.25, 0.3) is 11.0 Å². The summed E-state index contributed by atoms with van der Waals surface area (Å²) in [6.07, 6.45) is 6.21. The molecule has 1 aliphatic heterocycles. The molecule has 38 heavy (non-hydrogen) atoms. The summed E-state index contributed by atoms with van der Waals surface area (Å²) in [6.45, 7) is 4.41. The summed E-state index contributed by atoms with van der Waals surface area (Å²) in [5.74, 6) is 1.50. The topological polar surface area (TPSA) is 78.4 Å². The Bertz CT molecular complexity index is 1370. The van der Waals surface area contributed by atoms with E-state index in [2.05, 4.69) is 56.3 Å². The Balaban J connectivity index is 1.22. The Kier molecular flexibility index (Phi) is 8.32. The van der Waals surface area contributed by atoms with Crippen LogP contribution in [-0.2, 0) is 26.1 Å². The highest BCUT2D eigenvalue weighted by Crippen LogP contribution is 2.33. The Morgan fingerprint density at radius 1 is 1.05 bits per heavy atom. The van der Waals surface area contributed by atoms with Crippen molar-refractivity contribution in [1.29, 1.82) is 5.26 Å². The summed E-state index contributed by atoms with van der Waals surface area (Å²) in [4.78, 5) is 8.81. The molecule has 0 bridgehead atoms. The minimum Gasteiger partial charge on any atom is -0.488 e. The highest BCUT2D eigenvalue weighted by Gasteiger charge is 2.22. The summed E-state index contributed by atoms with van der Waals surface area (Å²) in [5.41, 5.74) is 5.55. The lowest BCUT2D eigenvalue weighted by Crippen LogP contribution is -2.33. The lowest BCUT2D eigenvalue weighted by atomic mass is 9.91. The van der Waals surface area contributed by atoms with E-state index in [1.165, 1.54) is 18.4 Å². The van der Waals surface area contributed by atoms with Crippen LogP contribution in [0, 0.1) is 17.2 Å². The van der Waals surface area contributed by atoms with Crippen molar-refractivity contribution in [1.82, 2.24) is 19.9 Å². The molecule has 0 spiro atoms. The second kappa shape index (κ2) is 12.2. The molecule has 0 aliphatic carbocycles. The van der Waals surface area contributed by atoms with Crippen LogP contribution in [0.4, 0.5) is 0 Å². The van der Waals surface area contributed by atoms with Crippen LogP contribution in [0.2, 0.25) is 0 Å². The van der Waals surface area contributed by atoms with Crippen molar-refractivity contribution < 1.29 is 9.26 Å². The van der Waals surface area contributed by atoms with E-state index in [1.54, 1.807) is 12.3 Å². The van der Waals surface area contributed by atoms with Gasteiger partial charge >= 0.3 is 0 Å². The first-order valence-electron chi connectivity index (χ1n) is 13.4. The number of aryl methyl sites for hydroxylation is 1. The van der Waals surface area contributed by atoms with Crippen LogP contribution in [-0.4, -0.2) is 47.1 Å². The van der Waals surface area contributed by atoms with E-state index in [0.29, 0.717) is 18.8 Å². The van der Waals surface area contributed by atoms with Crippen LogP contribution in [0.1, 0.15) is 47.3 Å². The molecule has 196 valence electrons. The maximum atomic E-state index is 8.96. The molecule has 0 N–H and O–H groups in total. The van der Waals surface area contributed by atoms with Gasteiger partial charge in [0.1, 0.15) is 24.1 Å². The number of rotatable bonds is 10. The Labute approximate surface area is 224 Å². The molecule has 7 nitrogen and oxygen atoms in total. The van der Waals surface area contributed by atoms with Gasteiger partial charge in [0, 0.05) is 30.2 Å². The maximum Gasteiger partial charge on any atom is 0.175 e. The fourth-order valence-electron chi connectivity index (χ4n) is 5.23. The van der Waals surface area contributed by atoms with Gasteiger partial charge in [-0.1, -0.05) is 41.6 Å². The molecule has 0 saturated carbocycles. The SMILES string of the molecule is CN(C)Cc1c(OCc2ccc(C#N)nc2)ccc2c(CCC3CCN(Cc4ccccc4)CC3)noc12. The number of benzene rings is 2. The monoisotopic (exact) mass is 509 g/mol. The van der Waals surface area contributed by atoms with Gasteiger partial charge in [0.05, 0.1) is 11.3 Å². The third-order valence-electron chi connectivity index (χ3n) is 7.33. The summed E-state index contributed by atoms with van der Waals surface area (Å²) < 4.78 is 12.1. The lowest BCUT2D eigenvalue weighted by molar-refractivity contribution is 0.172. The van der Waals surface area contributed by atoms with Crippen molar-refractivity contribution in [2.24, 2.45) is 5.92 Å². The smallest absolute Gasteiger partial charge is 0.175 e.